The maximum atomic E-state index is 17.7. The number of allylic oxidation sites excluding steroid dienone is 4. The zero-order valence-corrected chi connectivity index (χ0v) is 26.4. The Morgan fingerprint density at radius 1 is 1.09 bits per heavy atom. The molecule has 1 aliphatic heterocycles. The van der Waals surface area contributed by atoms with Crippen molar-refractivity contribution in [1.82, 2.24) is 0 Å². The van der Waals surface area contributed by atoms with Gasteiger partial charge >= 0.3 is 5.97 Å². The molecule has 4 aliphatic carbocycles. The molecule has 0 aromatic heterocycles. The van der Waals surface area contributed by atoms with Crippen molar-refractivity contribution >= 4 is 34.8 Å². The minimum absolute atomic E-state index is 0.0182. The molecule has 0 amide bonds. The molecule has 0 bridgehead atoms. The Labute approximate surface area is 271 Å². The number of ketones is 2. The second-order valence-electron chi connectivity index (χ2n) is 13.9. The highest BCUT2D eigenvalue weighted by Gasteiger charge is 2.79. The summed E-state index contributed by atoms with van der Waals surface area (Å²) in [6.45, 7) is 3.07. The molecular formula is C36H36ClF2NO6. The van der Waals surface area contributed by atoms with Gasteiger partial charge in [0.05, 0.1) is 24.8 Å². The van der Waals surface area contributed by atoms with Gasteiger partial charge in [-0.2, -0.15) is 0 Å². The molecule has 7 rings (SSSR count). The number of hydroxylamine groups is 1. The third-order valence-electron chi connectivity index (χ3n) is 11.7. The Kier molecular flexibility index (Phi) is 7.34. The van der Waals surface area contributed by atoms with E-state index in [0.29, 0.717) is 17.1 Å². The first-order chi connectivity index (χ1) is 21.8. The molecule has 2 aromatic rings. The number of benzene rings is 2. The number of Topliss-reactive ketones (excluding diaryl/α,β-unsaturated/α-hetero) is 1. The molecule has 2 aromatic carbocycles. The molecule has 0 spiro atoms. The molecule has 5 aliphatic rings. The topological polar surface area (TPSA) is 93.1 Å². The summed E-state index contributed by atoms with van der Waals surface area (Å²) >= 11 is 6.12. The maximum absolute atomic E-state index is 17.7. The number of ether oxygens (including phenoxy) is 1. The van der Waals surface area contributed by atoms with Crippen molar-refractivity contribution < 1.29 is 37.8 Å². The van der Waals surface area contributed by atoms with Gasteiger partial charge in [0, 0.05) is 27.7 Å². The quantitative estimate of drug-likeness (QED) is 0.399. The van der Waals surface area contributed by atoms with Gasteiger partial charge in [0.25, 0.3) is 0 Å². The number of aliphatic hydroxyl groups is 1. The summed E-state index contributed by atoms with van der Waals surface area (Å²) in [5, 5.41) is 14.0. The molecule has 46 heavy (non-hydrogen) atoms. The molecule has 10 heteroatoms. The van der Waals surface area contributed by atoms with Crippen molar-refractivity contribution in [3.63, 3.8) is 0 Å². The number of carbonyl (C=O) groups excluding carboxylic acids is 3. The van der Waals surface area contributed by atoms with Gasteiger partial charge in [-0.05, 0) is 79.7 Å². The molecular weight excluding hydrogens is 616 g/mol. The van der Waals surface area contributed by atoms with Crippen molar-refractivity contribution in [3.05, 3.63) is 89.0 Å². The molecule has 1 saturated heterocycles. The smallest absolute Gasteiger partial charge is 0.310 e. The lowest BCUT2D eigenvalue weighted by Crippen LogP contribution is -2.70. The zero-order chi connectivity index (χ0) is 32.6. The first-order valence-electron chi connectivity index (χ1n) is 15.7. The van der Waals surface area contributed by atoms with E-state index in [0.717, 1.165) is 11.6 Å². The summed E-state index contributed by atoms with van der Waals surface area (Å²) in [6, 6.07) is 16.0. The van der Waals surface area contributed by atoms with Gasteiger partial charge in [-0.1, -0.05) is 54.9 Å². The molecule has 4 fully saturated rings. The number of carbonyl (C=O) groups is 3. The Hall–Kier alpha value is -3.40. The van der Waals surface area contributed by atoms with Crippen LogP contribution in [-0.2, 0) is 30.4 Å². The third kappa shape index (κ3) is 4.31. The molecule has 7 nitrogen and oxygen atoms in total. The van der Waals surface area contributed by atoms with Crippen LogP contribution in [0.1, 0.15) is 38.7 Å². The van der Waals surface area contributed by atoms with Crippen molar-refractivity contribution in [2.45, 2.75) is 63.1 Å². The van der Waals surface area contributed by atoms with Gasteiger partial charge in [0.2, 0.25) is 5.78 Å². The molecule has 0 radical (unpaired) electrons. The highest BCUT2D eigenvalue weighted by atomic mass is 35.5. The number of alkyl halides is 2. The van der Waals surface area contributed by atoms with Crippen LogP contribution in [0.3, 0.4) is 0 Å². The summed E-state index contributed by atoms with van der Waals surface area (Å²) in [4.78, 5) is 46.2. The van der Waals surface area contributed by atoms with Crippen LogP contribution in [0.25, 0.3) is 0 Å². The highest BCUT2D eigenvalue weighted by Crippen LogP contribution is 2.72. The maximum Gasteiger partial charge on any atom is 0.310 e. The van der Waals surface area contributed by atoms with Gasteiger partial charge < -0.3 is 9.84 Å². The largest absolute Gasteiger partial charge is 0.457 e. The van der Waals surface area contributed by atoms with Gasteiger partial charge in [-0.3, -0.25) is 24.3 Å². The summed E-state index contributed by atoms with van der Waals surface area (Å²) in [6.07, 6.45) is 0.528. The van der Waals surface area contributed by atoms with Gasteiger partial charge in [-0.15, -0.1) is 0 Å². The van der Waals surface area contributed by atoms with Crippen LogP contribution in [-0.4, -0.2) is 59.3 Å². The first kappa shape index (κ1) is 31.2. The SMILES string of the molecule is C[C@]12C=CC(=O)C=C1[C@@H](F)C[C@H]1[C@@H]3C[C@H]4CN(c5ccc(Cl)cc5)O[C@@]4(C(=O)COC(=O)Cc4ccccc4)[C@@]3(C)C[C@H](O)[C@@]12F. The Balaban J connectivity index is 1.25. The standard InChI is InChI=1S/C36H36ClF2NO6/c1-33-13-12-25(41)16-28(33)29(38)17-27-26-15-22-19-40(24-10-8-23(37)9-11-24)46-36(22,34(26,2)18-30(42)35(27,33)39)31(43)20-45-32(44)14-21-6-4-3-5-7-21/h3-13,16,22,26-27,29-30,42H,14-15,17-20H2,1-2H3/t22-,26-,27-,29-,30-,33-,34-,35-,36-/m0/s1. The molecule has 1 N–H and O–H groups in total. The fraction of sp³-hybridized carbons (Fsp3) is 0.472. The van der Waals surface area contributed by atoms with Crippen LogP contribution in [0.2, 0.25) is 5.02 Å². The van der Waals surface area contributed by atoms with Crippen LogP contribution >= 0.6 is 11.6 Å². The van der Waals surface area contributed by atoms with Crippen LogP contribution < -0.4 is 5.06 Å². The van der Waals surface area contributed by atoms with E-state index < -0.39 is 76.3 Å². The fourth-order valence-electron chi connectivity index (χ4n) is 9.58. The number of nitrogens with zero attached hydrogens (tertiary/aromatic N) is 1. The Morgan fingerprint density at radius 3 is 2.52 bits per heavy atom. The average molecular weight is 652 g/mol. The predicted octanol–water partition coefficient (Wildman–Crippen LogP) is 5.73. The third-order valence-corrected chi connectivity index (χ3v) is 12.0. The van der Waals surface area contributed by atoms with E-state index in [1.807, 2.05) is 13.0 Å². The molecule has 1 heterocycles. The van der Waals surface area contributed by atoms with Crippen molar-refractivity contribution in [2.24, 2.45) is 28.6 Å². The van der Waals surface area contributed by atoms with Crippen LogP contribution in [0.4, 0.5) is 14.5 Å². The van der Waals surface area contributed by atoms with E-state index in [4.69, 9.17) is 21.2 Å². The number of aliphatic hydroxyl groups excluding tert-OH is 1. The minimum Gasteiger partial charge on any atom is -0.457 e. The lowest BCUT2D eigenvalue weighted by Gasteiger charge is -2.63. The van der Waals surface area contributed by atoms with Gasteiger partial charge in [0.15, 0.2) is 23.7 Å². The number of rotatable bonds is 6. The Bertz CT molecular complexity index is 1650. The van der Waals surface area contributed by atoms with E-state index in [9.17, 15) is 19.5 Å². The molecule has 242 valence electrons. The fourth-order valence-corrected chi connectivity index (χ4v) is 9.70. The second kappa shape index (κ2) is 10.8. The van der Waals surface area contributed by atoms with Crippen LogP contribution in [0.15, 0.2) is 78.4 Å². The van der Waals surface area contributed by atoms with Crippen LogP contribution in [0.5, 0.6) is 0 Å². The zero-order valence-electron chi connectivity index (χ0n) is 25.6. The predicted molar refractivity (Wildman–Crippen MR) is 166 cm³/mol. The lowest BCUT2D eigenvalue weighted by atomic mass is 9.44. The van der Waals surface area contributed by atoms with E-state index in [-0.39, 0.29) is 31.4 Å². The van der Waals surface area contributed by atoms with E-state index in [1.54, 1.807) is 60.5 Å². The Morgan fingerprint density at radius 2 is 1.80 bits per heavy atom. The highest BCUT2D eigenvalue weighted by molar-refractivity contribution is 6.30. The normalized spacial score (nSPS) is 39.2. The van der Waals surface area contributed by atoms with Gasteiger partial charge in [0.1, 0.15) is 6.17 Å². The molecule has 9 atom stereocenters. The summed E-state index contributed by atoms with van der Waals surface area (Å²) < 4.78 is 39.2. The van der Waals surface area contributed by atoms with Gasteiger partial charge in [-0.25, -0.2) is 8.78 Å². The number of anilines is 1. The summed E-state index contributed by atoms with van der Waals surface area (Å²) in [5.74, 6) is -3.47. The molecule has 3 saturated carbocycles. The number of halogens is 3. The number of fused-ring (bicyclic) bond motifs is 7. The van der Waals surface area contributed by atoms with Crippen LogP contribution in [0, 0.1) is 28.6 Å². The number of hydrogen-bond acceptors (Lipinski definition) is 7. The average Bonchev–Trinajstić information content (AvgIpc) is 3.52. The monoisotopic (exact) mass is 651 g/mol. The van der Waals surface area contributed by atoms with E-state index >= 15 is 8.78 Å². The van der Waals surface area contributed by atoms with E-state index in [1.165, 1.54) is 12.2 Å². The lowest BCUT2D eigenvalue weighted by molar-refractivity contribution is -0.228. The summed E-state index contributed by atoms with van der Waals surface area (Å²) in [5.41, 5.74) is -5.12. The first-order valence-corrected chi connectivity index (χ1v) is 16.1. The van der Waals surface area contributed by atoms with Crippen molar-refractivity contribution in [3.8, 4) is 0 Å². The molecule has 0 unspecified atom stereocenters. The number of hydrogen-bond donors (Lipinski definition) is 1. The minimum atomic E-state index is -2.29. The number of esters is 1. The van der Waals surface area contributed by atoms with E-state index in [2.05, 4.69) is 0 Å². The van der Waals surface area contributed by atoms with Crippen molar-refractivity contribution in [1.29, 1.82) is 0 Å². The van der Waals surface area contributed by atoms with Crippen molar-refractivity contribution in [2.75, 3.05) is 18.2 Å². The second-order valence-corrected chi connectivity index (χ2v) is 14.3. The summed E-state index contributed by atoms with van der Waals surface area (Å²) in [7, 11) is 0.